The van der Waals surface area contributed by atoms with Gasteiger partial charge >= 0.3 is 0 Å². The summed E-state index contributed by atoms with van der Waals surface area (Å²) in [6.45, 7) is 6.03. The first-order chi connectivity index (χ1) is 11.7. The molecule has 1 saturated heterocycles. The number of hydrogen-bond donors (Lipinski definition) is 0. The molecular formula is C16H21N5O2S. The summed E-state index contributed by atoms with van der Waals surface area (Å²) in [5.41, 5.74) is 2.06. The van der Waals surface area contributed by atoms with Gasteiger partial charge in [0.1, 0.15) is 0 Å². The van der Waals surface area contributed by atoms with Crippen molar-refractivity contribution in [3.8, 4) is 5.69 Å². The van der Waals surface area contributed by atoms with Crippen LogP contribution in [0.3, 0.4) is 0 Å². The molecule has 0 radical (unpaired) electrons. The van der Waals surface area contributed by atoms with Crippen LogP contribution in [0.2, 0.25) is 0 Å². The molecule has 2 aromatic rings. The summed E-state index contributed by atoms with van der Waals surface area (Å²) >= 11 is 1.36. The van der Waals surface area contributed by atoms with E-state index in [-0.39, 0.29) is 12.0 Å². The number of aromatic nitrogens is 4. The Morgan fingerprint density at radius 2 is 2.17 bits per heavy atom. The summed E-state index contributed by atoms with van der Waals surface area (Å²) in [7, 11) is 0. The standard InChI is InChI=1S/C16H21N5O2S/c1-3-14-10-20(8-9-23-14)15(22)11-24-16-17-18-19-21(16)13-6-4-12(2)5-7-13/h4-7,14H,3,8-11H2,1-2H3. The van der Waals surface area contributed by atoms with Gasteiger partial charge in [-0.05, 0) is 35.9 Å². The minimum atomic E-state index is 0.0974. The Hall–Kier alpha value is -1.93. The van der Waals surface area contributed by atoms with Gasteiger partial charge in [0.15, 0.2) is 0 Å². The number of amides is 1. The maximum absolute atomic E-state index is 12.4. The number of benzene rings is 1. The predicted molar refractivity (Wildman–Crippen MR) is 91.2 cm³/mol. The summed E-state index contributed by atoms with van der Waals surface area (Å²) in [6, 6.07) is 7.95. The van der Waals surface area contributed by atoms with E-state index in [9.17, 15) is 4.79 Å². The second kappa shape index (κ2) is 7.76. The number of nitrogens with zero attached hydrogens (tertiary/aromatic N) is 5. The zero-order valence-corrected chi connectivity index (χ0v) is 14.7. The monoisotopic (exact) mass is 347 g/mol. The molecule has 1 aliphatic rings. The lowest BCUT2D eigenvalue weighted by molar-refractivity contribution is -0.135. The highest BCUT2D eigenvalue weighted by atomic mass is 32.2. The average Bonchev–Trinajstić information content (AvgIpc) is 3.09. The van der Waals surface area contributed by atoms with Crippen LogP contribution in [0.4, 0.5) is 0 Å². The first kappa shape index (κ1) is 16.9. The lowest BCUT2D eigenvalue weighted by atomic mass is 10.2. The van der Waals surface area contributed by atoms with Crippen LogP contribution < -0.4 is 0 Å². The lowest BCUT2D eigenvalue weighted by Crippen LogP contribution is -2.46. The number of hydrogen-bond acceptors (Lipinski definition) is 6. The van der Waals surface area contributed by atoms with Crippen LogP contribution in [-0.2, 0) is 9.53 Å². The van der Waals surface area contributed by atoms with E-state index in [2.05, 4.69) is 22.4 Å². The normalized spacial score (nSPS) is 17.9. The van der Waals surface area contributed by atoms with Crippen molar-refractivity contribution in [3.05, 3.63) is 29.8 Å². The minimum Gasteiger partial charge on any atom is -0.375 e. The molecule has 24 heavy (non-hydrogen) atoms. The van der Waals surface area contributed by atoms with E-state index in [1.165, 1.54) is 17.3 Å². The number of carbonyl (C=O) groups is 1. The molecule has 1 fully saturated rings. The Balaban J connectivity index is 1.62. The maximum atomic E-state index is 12.4. The smallest absolute Gasteiger partial charge is 0.233 e. The molecule has 1 aliphatic heterocycles. The van der Waals surface area contributed by atoms with Crippen LogP contribution in [0.5, 0.6) is 0 Å². The van der Waals surface area contributed by atoms with Gasteiger partial charge in [0.25, 0.3) is 0 Å². The van der Waals surface area contributed by atoms with Crippen LogP contribution in [-0.4, -0.2) is 62.6 Å². The zero-order chi connectivity index (χ0) is 16.9. The molecule has 0 spiro atoms. The molecule has 0 saturated carbocycles. The second-order valence-corrected chi connectivity index (χ2v) is 6.68. The van der Waals surface area contributed by atoms with Crippen molar-refractivity contribution in [1.82, 2.24) is 25.1 Å². The topological polar surface area (TPSA) is 73.1 Å². The van der Waals surface area contributed by atoms with Crippen LogP contribution in [0.15, 0.2) is 29.4 Å². The fraction of sp³-hybridized carbons (Fsp3) is 0.500. The van der Waals surface area contributed by atoms with Gasteiger partial charge in [0.05, 0.1) is 24.2 Å². The number of ether oxygens (including phenoxy) is 1. The van der Waals surface area contributed by atoms with Crippen molar-refractivity contribution in [1.29, 1.82) is 0 Å². The number of aryl methyl sites for hydroxylation is 1. The van der Waals surface area contributed by atoms with Crippen molar-refractivity contribution < 1.29 is 9.53 Å². The third kappa shape index (κ3) is 3.93. The van der Waals surface area contributed by atoms with Gasteiger partial charge < -0.3 is 9.64 Å². The Kier molecular flexibility index (Phi) is 5.47. The fourth-order valence-electron chi connectivity index (χ4n) is 2.53. The summed E-state index contributed by atoms with van der Waals surface area (Å²) in [6.07, 6.45) is 1.06. The van der Waals surface area contributed by atoms with E-state index in [4.69, 9.17) is 4.74 Å². The van der Waals surface area contributed by atoms with Crippen molar-refractivity contribution in [2.45, 2.75) is 31.5 Å². The van der Waals surface area contributed by atoms with Gasteiger partial charge in [-0.1, -0.05) is 36.4 Å². The molecule has 1 aromatic heterocycles. The third-order valence-electron chi connectivity index (χ3n) is 3.99. The first-order valence-corrected chi connectivity index (χ1v) is 9.03. The summed E-state index contributed by atoms with van der Waals surface area (Å²) in [5.74, 6) is 0.420. The largest absolute Gasteiger partial charge is 0.375 e. The number of morpholine rings is 1. The Labute approximate surface area is 145 Å². The van der Waals surface area contributed by atoms with Gasteiger partial charge in [0, 0.05) is 13.1 Å². The quantitative estimate of drug-likeness (QED) is 0.767. The van der Waals surface area contributed by atoms with E-state index in [0.717, 1.165) is 12.1 Å². The molecule has 2 heterocycles. The van der Waals surface area contributed by atoms with Crippen molar-refractivity contribution in [3.63, 3.8) is 0 Å². The number of thioether (sulfide) groups is 1. The average molecular weight is 347 g/mol. The zero-order valence-electron chi connectivity index (χ0n) is 13.9. The molecule has 1 aromatic carbocycles. The van der Waals surface area contributed by atoms with E-state index in [0.29, 0.717) is 30.6 Å². The van der Waals surface area contributed by atoms with Gasteiger partial charge in [0.2, 0.25) is 11.1 Å². The van der Waals surface area contributed by atoms with Crippen molar-refractivity contribution in [2.24, 2.45) is 0 Å². The Morgan fingerprint density at radius 3 is 2.92 bits per heavy atom. The maximum Gasteiger partial charge on any atom is 0.233 e. The van der Waals surface area contributed by atoms with E-state index in [1.807, 2.05) is 36.1 Å². The number of rotatable bonds is 5. The van der Waals surface area contributed by atoms with Gasteiger partial charge in [-0.15, -0.1) is 5.10 Å². The molecular weight excluding hydrogens is 326 g/mol. The van der Waals surface area contributed by atoms with Gasteiger partial charge in [-0.25, -0.2) is 0 Å². The third-order valence-corrected chi connectivity index (χ3v) is 4.90. The predicted octanol–water partition coefficient (Wildman–Crippen LogP) is 1.70. The van der Waals surface area contributed by atoms with Crippen LogP contribution >= 0.6 is 11.8 Å². The molecule has 0 N–H and O–H groups in total. The van der Waals surface area contributed by atoms with E-state index >= 15 is 0 Å². The fourth-order valence-corrected chi connectivity index (χ4v) is 3.32. The SMILES string of the molecule is CCC1CN(C(=O)CSc2nnnn2-c2ccc(C)cc2)CCO1. The van der Waals surface area contributed by atoms with Crippen LogP contribution in [0.1, 0.15) is 18.9 Å². The van der Waals surface area contributed by atoms with Crippen LogP contribution in [0, 0.1) is 6.92 Å². The molecule has 0 bridgehead atoms. The highest BCUT2D eigenvalue weighted by molar-refractivity contribution is 7.99. The first-order valence-electron chi connectivity index (χ1n) is 8.05. The molecule has 1 atom stereocenters. The molecule has 1 amide bonds. The molecule has 128 valence electrons. The van der Waals surface area contributed by atoms with Gasteiger partial charge in [-0.3, -0.25) is 4.79 Å². The van der Waals surface area contributed by atoms with E-state index in [1.54, 1.807) is 4.68 Å². The highest BCUT2D eigenvalue weighted by Gasteiger charge is 2.23. The van der Waals surface area contributed by atoms with Gasteiger partial charge in [-0.2, -0.15) is 4.68 Å². The summed E-state index contributed by atoms with van der Waals surface area (Å²) in [4.78, 5) is 14.3. The lowest BCUT2D eigenvalue weighted by Gasteiger charge is -2.32. The Morgan fingerprint density at radius 1 is 1.38 bits per heavy atom. The van der Waals surface area contributed by atoms with Crippen molar-refractivity contribution >= 4 is 17.7 Å². The number of carbonyl (C=O) groups excluding carboxylic acids is 1. The highest BCUT2D eigenvalue weighted by Crippen LogP contribution is 2.19. The minimum absolute atomic E-state index is 0.0974. The van der Waals surface area contributed by atoms with Crippen molar-refractivity contribution in [2.75, 3.05) is 25.4 Å². The molecule has 8 heteroatoms. The summed E-state index contributed by atoms with van der Waals surface area (Å²) < 4.78 is 7.27. The molecule has 1 unspecified atom stereocenters. The molecule has 7 nitrogen and oxygen atoms in total. The molecule has 0 aliphatic carbocycles. The summed E-state index contributed by atoms with van der Waals surface area (Å²) in [5, 5.41) is 12.4. The molecule has 3 rings (SSSR count). The van der Waals surface area contributed by atoms with Crippen LogP contribution in [0.25, 0.3) is 5.69 Å². The second-order valence-electron chi connectivity index (χ2n) is 5.74. The van der Waals surface area contributed by atoms with E-state index < -0.39 is 0 Å². The Bertz CT molecular complexity index is 688. The number of tetrazole rings is 1.